The van der Waals surface area contributed by atoms with Gasteiger partial charge in [-0.3, -0.25) is 4.79 Å². The summed E-state index contributed by atoms with van der Waals surface area (Å²) in [4.78, 5) is 14.4. The van der Waals surface area contributed by atoms with Gasteiger partial charge in [-0.15, -0.1) is 0 Å². The maximum atomic E-state index is 12.5. The van der Waals surface area contributed by atoms with E-state index in [0.717, 1.165) is 36.5 Å². The molecule has 0 unspecified atom stereocenters. The average Bonchev–Trinajstić information content (AvgIpc) is 2.67. The van der Waals surface area contributed by atoms with E-state index in [4.69, 9.17) is 0 Å². The highest BCUT2D eigenvalue weighted by Gasteiger charge is 2.22. The first kappa shape index (κ1) is 18.9. The van der Waals surface area contributed by atoms with Crippen molar-refractivity contribution in [3.63, 3.8) is 0 Å². The van der Waals surface area contributed by atoms with Crippen molar-refractivity contribution < 1.29 is 13.2 Å². The van der Waals surface area contributed by atoms with Crippen LogP contribution in [-0.2, 0) is 14.8 Å². The summed E-state index contributed by atoms with van der Waals surface area (Å²) in [7, 11) is -1.79. The molecular weight excluding hydrogens is 348 g/mol. The molecule has 140 valence electrons. The largest absolute Gasteiger partial charge is 0.343 e. The van der Waals surface area contributed by atoms with Crippen LogP contribution in [0.25, 0.3) is 10.8 Å². The predicted molar refractivity (Wildman–Crippen MR) is 103 cm³/mol. The summed E-state index contributed by atoms with van der Waals surface area (Å²) < 4.78 is 27.5. The average molecular weight is 375 g/mol. The van der Waals surface area contributed by atoms with E-state index in [0.29, 0.717) is 6.04 Å². The van der Waals surface area contributed by atoms with Crippen LogP contribution in [0.4, 0.5) is 0 Å². The molecule has 0 saturated heterocycles. The van der Waals surface area contributed by atoms with Gasteiger partial charge in [-0.1, -0.05) is 49.6 Å². The van der Waals surface area contributed by atoms with E-state index in [1.54, 1.807) is 23.1 Å². The molecule has 26 heavy (non-hydrogen) atoms. The molecule has 1 saturated carbocycles. The normalized spacial score (nSPS) is 15.9. The summed E-state index contributed by atoms with van der Waals surface area (Å²) in [6, 6.07) is 13.0. The molecule has 0 spiro atoms. The Morgan fingerprint density at radius 1 is 1.08 bits per heavy atom. The van der Waals surface area contributed by atoms with E-state index < -0.39 is 10.0 Å². The lowest BCUT2D eigenvalue weighted by Gasteiger charge is -2.31. The van der Waals surface area contributed by atoms with Crippen LogP contribution in [0.2, 0.25) is 0 Å². The molecule has 5 nitrogen and oxygen atoms in total. The lowest BCUT2D eigenvalue weighted by Crippen LogP contribution is -2.39. The molecule has 0 heterocycles. The van der Waals surface area contributed by atoms with Crippen LogP contribution >= 0.6 is 0 Å². The highest BCUT2D eigenvalue weighted by atomic mass is 32.2. The fourth-order valence-electron chi connectivity index (χ4n) is 3.56. The van der Waals surface area contributed by atoms with Crippen LogP contribution in [0.1, 0.15) is 38.5 Å². The molecule has 0 aromatic heterocycles. The number of sulfonamides is 1. The first-order valence-electron chi connectivity index (χ1n) is 9.21. The molecular formula is C20H26N2O3S. The fourth-order valence-corrected chi connectivity index (χ4v) is 4.63. The van der Waals surface area contributed by atoms with Crippen molar-refractivity contribution in [1.82, 2.24) is 9.62 Å². The Bertz CT molecular complexity index is 874. The maximum absolute atomic E-state index is 12.5. The Kier molecular flexibility index (Phi) is 5.94. The van der Waals surface area contributed by atoms with Crippen LogP contribution in [-0.4, -0.2) is 38.9 Å². The van der Waals surface area contributed by atoms with Gasteiger partial charge in [0.25, 0.3) is 0 Å². The number of amides is 1. The van der Waals surface area contributed by atoms with Crippen LogP contribution in [0.15, 0.2) is 47.4 Å². The van der Waals surface area contributed by atoms with Gasteiger partial charge in [0.2, 0.25) is 15.9 Å². The predicted octanol–water partition coefficient (Wildman–Crippen LogP) is 3.30. The molecule has 0 atom stereocenters. The van der Waals surface area contributed by atoms with E-state index in [-0.39, 0.29) is 23.8 Å². The zero-order valence-electron chi connectivity index (χ0n) is 15.1. The minimum atomic E-state index is -3.62. The number of nitrogens with zero attached hydrogens (tertiary/aromatic N) is 1. The van der Waals surface area contributed by atoms with Crippen molar-refractivity contribution in [2.75, 3.05) is 13.6 Å². The summed E-state index contributed by atoms with van der Waals surface area (Å²) in [5.41, 5.74) is 0. The van der Waals surface area contributed by atoms with Gasteiger partial charge >= 0.3 is 0 Å². The summed E-state index contributed by atoms with van der Waals surface area (Å²) >= 11 is 0. The first-order chi connectivity index (χ1) is 12.5. The minimum Gasteiger partial charge on any atom is -0.343 e. The Balaban J connectivity index is 1.58. The van der Waals surface area contributed by atoms with E-state index in [9.17, 15) is 13.2 Å². The number of hydrogen-bond acceptors (Lipinski definition) is 3. The summed E-state index contributed by atoms with van der Waals surface area (Å²) in [5.74, 6) is -0.00175. The van der Waals surface area contributed by atoms with Crippen molar-refractivity contribution in [3.8, 4) is 0 Å². The van der Waals surface area contributed by atoms with Crippen LogP contribution in [0.5, 0.6) is 0 Å². The second-order valence-electron chi connectivity index (χ2n) is 6.95. The topological polar surface area (TPSA) is 66.5 Å². The van der Waals surface area contributed by atoms with Crippen LogP contribution in [0, 0.1) is 0 Å². The number of nitrogens with one attached hydrogen (secondary N) is 1. The molecule has 1 aliphatic rings. The quantitative estimate of drug-likeness (QED) is 0.844. The van der Waals surface area contributed by atoms with E-state index >= 15 is 0 Å². The number of benzene rings is 2. The lowest BCUT2D eigenvalue weighted by atomic mass is 9.94. The smallest absolute Gasteiger partial charge is 0.240 e. The molecule has 2 aromatic carbocycles. The molecule has 2 aromatic rings. The minimum absolute atomic E-state index is 0.00175. The Labute approximate surface area is 155 Å². The third kappa shape index (κ3) is 4.43. The molecule has 0 aliphatic heterocycles. The molecule has 1 aliphatic carbocycles. The number of carbonyl (C=O) groups is 1. The van der Waals surface area contributed by atoms with Gasteiger partial charge in [-0.25, -0.2) is 13.1 Å². The second-order valence-corrected chi connectivity index (χ2v) is 8.72. The van der Waals surface area contributed by atoms with Crippen molar-refractivity contribution in [2.24, 2.45) is 0 Å². The Morgan fingerprint density at radius 3 is 2.50 bits per heavy atom. The summed E-state index contributed by atoms with van der Waals surface area (Å²) in [6.07, 6.45) is 5.84. The van der Waals surface area contributed by atoms with Gasteiger partial charge in [0.1, 0.15) is 0 Å². The maximum Gasteiger partial charge on any atom is 0.240 e. The molecule has 0 radical (unpaired) electrons. The first-order valence-corrected chi connectivity index (χ1v) is 10.7. The number of rotatable bonds is 6. The molecule has 0 bridgehead atoms. The van der Waals surface area contributed by atoms with Gasteiger partial charge in [0, 0.05) is 26.1 Å². The fraction of sp³-hybridized carbons (Fsp3) is 0.450. The summed E-state index contributed by atoms with van der Waals surface area (Å²) in [6.45, 7) is 0.116. The van der Waals surface area contributed by atoms with Gasteiger partial charge in [-0.05, 0) is 35.7 Å². The third-order valence-corrected chi connectivity index (χ3v) is 6.64. The zero-order chi connectivity index (χ0) is 18.6. The number of fused-ring (bicyclic) bond motifs is 1. The van der Waals surface area contributed by atoms with E-state index in [1.807, 2.05) is 31.3 Å². The van der Waals surface area contributed by atoms with Gasteiger partial charge in [-0.2, -0.15) is 0 Å². The number of hydrogen-bond donors (Lipinski definition) is 1. The Morgan fingerprint density at radius 2 is 1.77 bits per heavy atom. The highest BCUT2D eigenvalue weighted by Crippen LogP contribution is 2.22. The standard InChI is InChI=1S/C20H26N2O3S/c1-22(18-9-3-2-4-10-18)20(23)13-14-21-26(24,25)19-12-11-16-7-5-6-8-17(16)15-19/h5-8,11-12,15,18,21H,2-4,9-10,13-14H2,1H3. The monoisotopic (exact) mass is 374 g/mol. The SMILES string of the molecule is CN(C(=O)CCNS(=O)(=O)c1ccc2ccccc2c1)C1CCCCC1. The molecule has 1 N–H and O–H groups in total. The zero-order valence-corrected chi connectivity index (χ0v) is 16.0. The van der Waals surface area contributed by atoms with Crippen molar-refractivity contribution in [2.45, 2.75) is 49.5 Å². The highest BCUT2D eigenvalue weighted by molar-refractivity contribution is 7.89. The van der Waals surface area contributed by atoms with Crippen molar-refractivity contribution >= 4 is 26.7 Å². The van der Waals surface area contributed by atoms with Gasteiger partial charge in [0.05, 0.1) is 4.90 Å². The van der Waals surface area contributed by atoms with Crippen molar-refractivity contribution in [1.29, 1.82) is 0 Å². The molecule has 6 heteroatoms. The Hall–Kier alpha value is -1.92. The molecule has 1 amide bonds. The van der Waals surface area contributed by atoms with Gasteiger partial charge < -0.3 is 4.90 Å². The molecule has 1 fully saturated rings. The van der Waals surface area contributed by atoms with Crippen LogP contribution in [0.3, 0.4) is 0 Å². The third-order valence-electron chi connectivity index (χ3n) is 5.18. The van der Waals surface area contributed by atoms with Gasteiger partial charge in [0.15, 0.2) is 0 Å². The lowest BCUT2D eigenvalue weighted by molar-refractivity contribution is -0.132. The van der Waals surface area contributed by atoms with Crippen LogP contribution < -0.4 is 4.72 Å². The van der Waals surface area contributed by atoms with E-state index in [1.165, 1.54) is 6.42 Å². The number of carbonyl (C=O) groups excluding carboxylic acids is 1. The summed E-state index contributed by atoms with van der Waals surface area (Å²) in [5, 5.41) is 1.87. The van der Waals surface area contributed by atoms with E-state index in [2.05, 4.69) is 4.72 Å². The molecule has 3 rings (SSSR count). The second kappa shape index (κ2) is 8.18. The van der Waals surface area contributed by atoms with Crippen molar-refractivity contribution in [3.05, 3.63) is 42.5 Å².